The van der Waals surface area contributed by atoms with Crippen LogP contribution in [0.3, 0.4) is 0 Å². The Balaban J connectivity index is 1.59. The quantitative estimate of drug-likeness (QED) is 0.488. The van der Waals surface area contributed by atoms with E-state index < -0.39 is 0 Å². The summed E-state index contributed by atoms with van der Waals surface area (Å²) in [5.74, 6) is 0.432. The van der Waals surface area contributed by atoms with Crippen LogP contribution in [0.4, 0.5) is 5.82 Å². The summed E-state index contributed by atoms with van der Waals surface area (Å²) in [4.78, 5) is 31.5. The second-order valence-corrected chi connectivity index (χ2v) is 8.75. The van der Waals surface area contributed by atoms with Gasteiger partial charge in [-0.25, -0.2) is 4.98 Å². The Labute approximate surface area is 167 Å². The zero-order chi connectivity index (χ0) is 19.0. The standard InChI is InChI=1S/C20H25BrN4O2/c1-25-9-5-3-2-4-8-20-11-14(22-15(20)12-20)19(27)24-18-13(10-17(25)26)6-7-16(21)23-18/h4,6-8,14-15,22H,2-3,5,9-12H2,1H3,(H,23,24,27)/t14-,15+,20-/m0/s1. The van der Waals surface area contributed by atoms with Crippen LogP contribution in [0.5, 0.6) is 0 Å². The topological polar surface area (TPSA) is 74.3 Å². The van der Waals surface area contributed by atoms with E-state index in [1.165, 1.54) is 0 Å². The Morgan fingerprint density at radius 3 is 2.96 bits per heavy atom. The predicted molar refractivity (Wildman–Crippen MR) is 107 cm³/mol. The third kappa shape index (κ3) is 3.94. The van der Waals surface area contributed by atoms with Gasteiger partial charge in [0.15, 0.2) is 0 Å². The van der Waals surface area contributed by atoms with Crippen LogP contribution < -0.4 is 10.6 Å². The van der Waals surface area contributed by atoms with Crippen LogP contribution in [-0.2, 0) is 16.0 Å². The molecule has 1 spiro atoms. The molecule has 2 bridgehead atoms. The van der Waals surface area contributed by atoms with Crippen LogP contribution in [0, 0.1) is 5.41 Å². The first-order chi connectivity index (χ1) is 13.0. The largest absolute Gasteiger partial charge is 0.345 e. The first-order valence-electron chi connectivity index (χ1n) is 9.61. The third-order valence-electron chi connectivity index (χ3n) is 5.94. The number of nitrogens with zero attached hydrogens (tertiary/aromatic N) is 2. The molecule has 2 N–H and O–H groups in total. The highest BCUT2D eigenvalue weighted by Crippen LogP contribution is 2.55. The van der Waals surface area contributed by atoms with Gasteiger partial charge < -0.3 is 15.5 Å². The summed E-state index contributed by atoms with van der Waals surface area (Å²) in [6.45, 7) is 0.746. The molecule has 1 saturated heterocycles. The second kappa shape index (κ2) is 7.36. The normalized spacial score (nSPS) is 31.3. The van der Waals surface area contributed by atoms with Crippen molar-refractivity contribution in [3.05, 3.63) is 34.5 Å². The first-order valence-corrected chi connectivity index (χ1v) is 10.4. The molecule has 2 aliphatic heterocycles. The van der Waals surface area contributed by atoms with Crippen molar-refractivity contribution in [3.63, 3.8) is 0 Å². The SMILES string of the molecule is CN1CCCCC=C[C@@]23C[C@H](N[C@@H]2C3)C(=O)Nc2nc(Br)ccc2CC1=O. The molecule has 0 radical (unpaired) electrons. The van der Waals surface area contributed by atoms with E-state index in [9.17, 15) is 9.59 Å². The van der Waals surface area contributed by atoms with Gasteiger partial charge in [-0.3, -0.25) is 9.59 Å². The highest BCUT2D eigenvalue weighted by molar-refractivity contribution is 9.10. The maximum absolute atomic E-state index is 12.8. The summed E-state index contributed by atoms with van der Waals surface area (Å²) in [7, 11) is 1.84. The minimum atomic E-state index is -0.215. The van der Waals surface area contributed by atoms with Crippen LogP contribution in [0.25, 0.3) is 0 Å². The molecule has 0 unspecified atom stereocenters. The van der Waals surface area contributed by atoms with E-state index in [-0.39, 0.29) is 29.7 Å². The fourth-order valence-electron chi connectivity index (χ4n) is 4.14. The predicted octanol–water partition coefficient (Wildman–Crippen LogP) is 2.64. The third-order valence-corrected chi connectivity index (χ3v) is 6.38. The molecule has 144 valence electrons. The summed E-state index contributed by atoms with van der Waals surface area (Å²) < 4.78 is 0.637. The van der Waals surface area contributed by atoms with Crippen molar-refractivity contribution in [2.45, 2.75) is 50.6 Å². The number of amides is 2. The van der Waals surface area contributed by atoms with E-state index in [0.29, 0.717) is 16.5 Å². The van der Waals surface area contributed by atoms with Gasteiger partial charge in [-0.1, -0.05) is 18.2 Å². The number of likely N-dealkylation sites (N-methyl/N-ethyl adjacent to an activating group) is 1. The molecule has 1 aromatic heterocycles. The Kier molecular flexibility index (Phi) is 5.07. The number of carbonyl (C=O) groups excluding carboxylic acids is 2. The molecule has 27 heavy (non-hydrogen) atoms. The highest BCUT2D eigenvalue weighted by Gasteiger charge is 2.59. The molecule has 1 saturated carbocycles. The van der Waals surface area contributed by atoms with Crippen LogP contribution >= 0.6 is 15.9 Å². The lowest BCUT2D eigenvalue weighted by atomic mass is 9.98. The zero-order valence-electron chi connectivity index (χ0n) is 15.5. The zero-order valence-corrected chi connectivity index (χ0v) is 17.1. The summed E-state index contributed by atoms with van der Waals surface area (Å²) in [6, 6.07) is 3.85. The lowest BCUT2D eigenvalue weighted by molar-refractivity contribution is -0.129. The minimum absolute atomic E-state index is 0.0384. The summed E-state index contributed by atoms with van der Waals surface area (Å²) in [5, 5.41) is 6.39. The molecule has 3 heterocycles. The van der Waals surface area contributed by atoms with E-state index in [1.54, 1.807) is 11.0 Å². The number of rotatable bonds is 0. The van der Waals surface area contributed by atoms with Gasteiger partial charge in [0, 0.05) is 30.6 Å². The van der Waals surface area contributed by atoms with E-state index in [1.807, 2.05) is 13.1 Å². The monoisotopic (exact) mass is 432 g/mol. The van der Waals surface area contributed by atoms with Gasteiger partial charge in [0.1, 0.15) is 10.4 Å². The average Bonchev–Trinajstić information content (AvgIpc) is 3.18. The molecular weight excluding hydrogens is 408 g/mol. The van der Waals surface area contributed by atoms with Crippen LogP contribution in [0.15, 0.2) is 28.9 Å². The van der Waals surface area contributed by atoms with Crippen molar-refractivity contribution in [1.82, 2.24) is 15.2 Å². The van der Waals surface area contributed by atoms with Gasteiger partial charge in [0.25, 0.3) is 0 Å². The molecule has 1 aromatic rings. The van der Waals surface area contributed by atoms with E-state index in [0.717, 1.165) is 44.2 Å². The van der Waals surface area contributed by atoms with Gasteiger partial charge in [0.05, 0.1) is 12.5 Å². The number of hydrogen-bond acceptors (Lipinski definition) is 4. The Bertz CT molecular complexity index is 796. The molecule has 7 heteroatoms. The summed E-state index contributed by atoms with van der Waals surface area (Å²) in [6.07, 6.45) is 9.81. The molecule has 2 fully saturated rings. The maximum Gasteiger partial charge on any atom is 0.242 e. The van der Waals surface area contributed by atoms with Crippen LogP contribution in [0.2, 0.25) is 0 Å². The molecule has 3 aliphatic rings. The number of nitrogens with one attached hydrogen (secondary N) is 2. The lowest BCUT2D eigenvalue weighted by Gasteiger charge is -2.19. The number of allylic oxidation sites excluding steroid dienone is 1. The average molecular weight is 433 g/mol. The Morgan fingerprint density at radius 2 is 2.11 bits per heavy atom. The van der Waals surface area contributed by atoms with Gasteiger partial charge in [-0.15, -0.1) is 0 Å². The number of carbonyl (C=O) groups is 2. The molecule has 3 atom stereocenters. The number of anilines is 1. The van der Waals surface area contributed by atoms with Crippen LogP contribution in [0.1, 0.15) is 37.7 Å². The van der Waals surface area contributed by atoms with Gasteiger partial charge in [-0.2, -0.15) is 0 Å². The first kappa shape index (κ1) is 18.6. The summed E-state index contributed by atoms with van der Waals surface area (Å²) in [5.41, 5.74) is 0.896. The number of piperidine rings is 1. The second-order valence-electron chi connectivity index (χ2n) is 7.93. The van der Waals surface area contributed by atoms with E-state index in [4.69, 9.17) is 0 Å². The fraction of sp³-hybridized carbons (Fsp3) is 0.550. The van der Waals surface area contributed by atoms with Gasteiger partial charge >= 0.3 is 0 Å². The fourth-order valence-corrected chi connectivity index (χ4v) is 4.45. The number of hydrogen-bond donors (Lipinski definition) is 2. The lowest BCUT2D eigenvalue weighted by Crippen LogP contribution is -2.38. The summed E-state index contributed by atoms with van der Waals surface area (Å²) >= 11 is 3.36. The van der Waals surface area contributed by atoms with Crippen molar-refractivity contribution in [2.75, 3.05) is 18.9 Å². The van der Waals surface area contributed by atoms with E-state index >= 15 is 0 Å². The molecule has 4 rings (SSSR count). The maximum atomic E-state index is 12.8. The number of pyridine rings is 1. The molecule has 1 aliphatic carbocycles. The van der Waals surface area contributed by atoms with Crippen molar-refractivity contribution in [3.8, 4) is 0 Å². The molecule has 0 aromatic carbocycles. The van der Waals surface area contributed by atoms with E-state index in [2.05, 4.69) is 43.7 Å². The van der Waals surface area contributed by atoms with Crippen molar-refractivity contribution in [1.29, 1.82) is 0 Å². The van der Waals surface area contributed by atoms with Gasteiger partial charge in [0.2, 0.25) is 11.8 Å². The Hall–Kier alpha value is -1.73. The van der Waals surface area contributed by atoms with Crippen molar-refractivity contribution in [2.24, 2.45) is 5.41 Å². The Morgan fingerprint density at radius 1 is 1.26 bits per heavy atom. The van der Waals surface area contributed by atoms with Crippen LogP contribution in [-0.4, -0.2) is 47.4 Å². The molecule has 6 nitrogen and oxygen atoms in total. The van der Waals surface area contributed by atoms with Crippen molar-refractivity contribution < 1.29 is 9.59 Å². The minimum Gasteiger partial charge on any atom is -0.345 e. The van der Waals surface area contributed by atoms with Crippen molar-refractivity contribution >= 4 is 33.6 Å². The molecular formula is C20H25BrN4O2. The molecule has 2 amide bonds. The smallest absolute Gasteiger partial charge is 0.242 e. The highest BCUT2D eigenvalue weighted by atomic mass is 79.9. The number of aromatic nitrogens is 1. The number of fused-ring (bicyclic) bond motifs is 2. The van der Waals surface area contributed by atoms with Gasteiger partial charge in [-0.05, 0) is 54.1 Å². The number of halogens is 1.